The van der Waals surface area contributed by atoms with E-state index in [2.05, 4.69) is 5.32 Å². The van der Waals surface area contributed by atoms with Crippen molar-refractivity contribution in [2.24, 2.45) is 11.8 Å². The molecule has 3 heterocycles. The van der Waals surface area contributed by atoms with Crippen LogP contribution < -0.4 is 5.32 Å². The highest BCUT2D eigenvalue weighted by Gasteiger charge is 2.55. The summed E-state index contributed by atoms with van der Waals surface area (Å²) in [5.74, 6) is -4.31. The molecule has 4 rings (SSSR count). The fourth-order valence-electron chi connectivity index (χ4n) is 4.51. The maximum absolute atomic E-state index is 13.4. The first-order chi connectivity index (χ1) is 14.8. The Bertz CT molecular complexity index is 1030. The minimum atomic E-state index is -1.06. The highest BCUT2D eigenvalue weighted by Crippen LogP contribution is 2.45. The zero-order valence-corrected chi connectivity index (χ0v) is 17.8. The summed E-state index contributed by atoms with van der Waals surface area (Å²) in [6.45, 7) is 3.62. The number of carboxylic acids is 1. The third-order valence-corrected chi connectivity index (χ3v) is 6.82. The van der Waals surface area contributed by atoms with E-state index in [1.807, 2.05) is 0 Å². The van der Waals surface area contributed by atoms with E-state index >= 15 is 0 Å². The maximum Gasteiger partial charge on any atom is 0.341 e. The van der Waals surface area contributed by atoms with Crippen molar-refractivity contribution in [2.45, 2.75) is 38.9 Å². The number of carbonyl (C=O) groups excluding carboxylic acids is 2. The first kappa shape index (κ1) is 21.5. The molecular formula is C22H22FNO6S. The summed E-state index contributed by atoms with van der Waals surface area (Å²) < 4.78 is 24.3. The number of rotatable bonds is 6. The molecule has 9 heteroatoms. The van der Waals surface area contributed by atoms with Gasteiger partial charge in [0.05, 0.1) is 30.7 Å². The number of fused-ring (bicyclic) bond motifs is 2. The Labute approximate surface area is 182 Å². The van der Waals surface area contributed by atoms with Gasteiger partial charge in [0.2, 0.25) is 5.91 Å². The smallest absolute Gasteiger partial charge is 0.341 e. The fourth-order valence-corrected chi connectivity index (χ4v) is 5.58. The summed E-state index contributed by atoms with van der Waals surface area (Å²) >= 11 is 1.20. The fraction of sp³-hybridized carbons (Fsp3) is 0.409. The first-order valence-electron chi connectivity index (χ1n) is 10.1. The van der Waals surface area contributed by atoms with E-state index in [1.54, 1.807) is 26.0 Å². The predicted octanol–water partition coefficient (Wildman–Crippen LogP) is 3.86. The molecule has 0 spiro atoms. The molecule has 7 nitrogen and oxygen atoms in total. The van der Waals surface area contributed by atoms with Gasteiger partial charge < -0.3 is 19.9 Å². The molecule has 1 aromatic heterocycles. The summed E-state index contributed by atoms with van der Waals surface area (Å²) in [5, 5.41) is 12.6. The molecule has 31 heavy (non-hydrogen) atoms. The minimum absolute atomic E-state index is 0.144. The molecular weight excluding hydrogens is 425 g/mol. The van der Waals surface area contributed by atoms with E-state index in [-0.39, 0.29) is 17.2 Å². The van der Waals surface area contributed by atoms with Crippen LogP contribution in [-0.4, -0.2) is 41.8 Å². The lowest BCUT2D eigenvalue weighted by molar-refractivity contribution is -0.147. The Morgan fingerprint density at radius 2 is 1.84 bits per heavy atom. The number of benzene rings is 1. The topological polar surface area (TPSA) is 102 Å². The zero-order chi connectivity index (χ0) is 22.3. The van der Waals surface area contributed by atoms with Crippen molar-refractivity contribution in [3.63, 3.8) is 0 Å². The number of carboxylic acid groups (broad SMARTS) is 1. The number of hydrogen-bond donors (Lipinski definition) is 2. The average Bonchev–Trinajstić information content (AvgIpc) is 3.41. The van der Waals surface area contributed by atoms with Crippen LogP contribution in [0.1, 0.15) is 35.0 Å². The van der Waals surface area contributed by atoms with Crippen LogP contribution >= 0.6 is 11.3 Å². The largest absolute Gasteiger partial charge is 0.481 e. The summed E-state index contributed by atoms with van der Waals surface area (Å²) in [6, 6.07) is 5.71. The molecule has 2 N–H and O–H groups in total. The van der Waals surface area contributed by atoms with Crippen molar-refractivity contribution in [2.75, 3.05) is 11.9 Å². The number of carbonyl (C=O) groups is 3. The van der Waals surface area contributed by atoms with Gasteiger partial charge in [0.15, 0.2) is 0 Å². The van der Waals surface area contributed by atoms with Crippen molar-refractivity contribution in [3.05, 3.63) is 40.5 Å². The van der Waals surface area contributed by atoms with Gasteiger partial charge >= 0.3 is 11.9 Å². The van der Waals surface area contributed by atoms with Crippen LogP contribution in [0, 0.1) is 24.6 Å². The summed E-state index contributed by atoms with van der Waals surface area (Å²) in [7, 11) is 0. The van der Waals surface area contributed by atoms with Crippen LogP contribution in [0.5, 0.6) is 0 Å². The van der Waals surface area contributed by atoms with E-state index in [1.165, 1.54) is 23.5 Å². The SMILES string of the molecule is CCOC(=O)c1c(NC(=O)[C@H]2[C@@H](C(=O)O)[C@H]3CC[C@@H]2O3)sc(C)c1-c1ccc(F)cc1. The number of thiophene rings is 1. The van der Waals surface area contributed by atoms with Gasteiger partial charge in [-0.2, -0.15) is 0 Å². The van der Waals surface area contributed by atoms with Gasteiger partial charge in [-0.1, -0.05) is 12.1 Å². The van der Waals surface area contributed by atoms with Gasteiger partial charge in [-0.15, -0.1) is 11.3 Å². The van der Waals surface area contributed by atoms with Gasteiger partial charge in [-0.25, -0.2) is 9.18 Å². The predicted molar refractivity (Wildman–Crippen MR) is 112 cm³/mol. The molecule has 2 aromatic rings. The third kappa shape index (κ3) is 3.83. The van der Waals surface area contributed by atoms with Crippen molar-refractivity contribution >= 4 is 34.2 Å². The Morgan fingerprint density at radius 3 is 2.45 bits per heavy atom. The second-order valence-electron chi connectivity index (χ2n) is 7.63. The number of halogens is 1. The molecule has 164 valence electrons. The number of ether oxygens (including phenoxy) is 2. The molecule has 2 saturated heterocycles. The molecule has 2 aliphatic rings. The zero-order valence-electron chi connectivity index (χ0n) is 17.0. The number of nitrogens with one attached hydrogen (secondary N) is 1. The molecule has 2 bridgehead atoms. The summed E-state index contributed by atoms with van der Waals surface area (Å²) in [6.07, 6.45) is 0.325. The first-order valence-corrected chi connectivity index (χ1v) is 10.9. The lowest BCUT2D eigenvalue weighted by Crippen LogP contribution is -2.41. The van der Waals surface area contributed by atoms with E-state index < -0.39 is 47.7 Å². The van der Waals surface area contributed by atoms with Gasteiger partial charge in [0, 0.05) is 10.4 Å². The highest BCUT2D eigenvalue weighted by molar-refractivity contribution is 7.17. The van der Waals surface area contributed by atoms with E-state index in [0.717, 1.165) is 4.88 Å². The van der Waals surface area contributed by atoms with Crippen molar-refractivity contribution in [1.82, 2.24) is 0 Å². The highest BCUT2D eigenvalue weighted by atomic mass is 32.1. The number of esters is 1. The third-order valence-electron chi connectivity index (χ3n) is 5.79. The Balaban J connectivity index is 1.70. The molecule has 1 amide bonds. The van der Waals surface area contributed by atoms with E-state index in [4.69, 9.17) is 9.47 Å². The van der Waals surface area contributed by atoms with Crippen LogP contribution in [0.25, 0.3) is 11.1 Å². The lowest BCUT2D eigenvalue weighted by atomic mass is 9.78. The quantitative estimate of drug-likeness (QED) is 0.652. The van der Waals surface area contributed by atoms with E-state index in [9.17, 15) is 23.9 Å². The Hall–Kier alpha value is -2.78. The van der Waals surface area contributed by atoms with Crippen LogP contribution in [0.2, 0.25) is 0 Å². The van der Waals surface area contributed by atoms with Crippen molar-refractivity contribution in [3.8, 4) is 11.1 Å². The number of aliphatic carboxylic acids is 1. The number of amides is 1. The second kappa shape index (κ2) is 8.39. The van der Waals surface area contributed by atoms with Gasteiger partial charge in [-0.3, -0.25) is 9.59 Å². The van der Waals surface area contributed by atoms with Gasteiger partial charge in [0.25, 0.3) is 0 Å². The Kier molecular flexibility index (Phi) is 5.81. The standard InChI is InChI=1S/C22H22FNO6S/c1-3-29-22(28)18-15(11-4-6-12(23)7-5-11)10(2)31-20(18)24-19(25)16-13-8-9-14(30-13)17(16)21(26)27/h4-7,13-14,16-17H,3,8-9H2,1-2H3,(H,24,25)(H,26,27)/t13-,14+,16+,17-/m0/s1. The molecule has 0 saturated carbocycles. The van der Waals surface area contributed by atoms with Gasteiger partial charge in [0.1, 0.15) is 16.4 Å². The number of hydrogen-bond acceptors (Lipinski definition) is 6. The van der Waals surface area contributed by atoms with Crippen LogP contribution in [0.3, 0.4) is 0 Å². The van der Waals surface area contributed by atoms with Crippen molar-refractivity contribution in [1.29, 1.82) is 0 Å². The normalized spacial score (nSPS) is 24.2. The number of aryl methyl sites for hydroxylation is 1. The van der Waals surface area contributed by atoms with Crippen LogP contribution in [0.4, 0.5) is 9.39 Å². The van der Waals surface area contributed by atoms with E-state index in [0.29, 0.717) is 24.0 Å². The monoisotopic (exact) mass is 447 g/mol. The molecule has 0 aliphatic carbocycles. The molecule has 0 radical (unpaired) electrons. The molecule has 0 unspecified atom stereocenters. The molecule has 2 aliphatic heterocycles. The maximum atomic E-state index is 13.4. The molecule has 1 aromatic carbocycles. The average molecular weight is 447 g/mol. The summed E-state index contributed by atoms with van der Waals surface area (Å²) in [5.41, 5.74) is 1.35. The van der Waals surface area contributed by atoms with Crippen LogP contribution in [0.15, 0.2) is 24.3 Å². The number of anilines is 1. The van der Waals surface area contributed by atoms with Crippen molar-refractivity contribution < 1.29 is 33.4 Å². The second-order valence-corrected chi connectivity index (χ2v) is 8.86. The molecule has 2 fully saturated rings. The minimum Gasteiger partial charge on any atom is -0.481 e. The lowest BCUT2D eigenvalue weighted by Gasteiger charge is -2.23. The molecule has 4 atom stereocenters. The van der Waals surface area contributed by atoms with Gasteiger partial charge in [-0.05, 0) is 44.4 Å². The summed E-state index contributed by atoms with van der Waals surface area (Å²) in [4.78, 5) is 38.4. The Morgan fingerprint density at radius 1 is 1.19 bits per heavy atom. The van der Waals surface area contributed by atoms with Crippen LogP contribution in [-0.2, 0) is 19.1 Å².